The van der Waals surface area contributed by atoms with Crippen LogP contribution in [0.1, 0.15) is 5.56 Å². The van der Waals surface area contributed by atoms with E-state index in [1.165, 1.54) is 6.33 Å². The van der Waals surface area contributed by atoms with E-state index in [9.17, 15) is 5.26 Å². The summed E-state index contributed by atoms with van der Waals surface area (Å²) in [7, 11) is 3.17. The first-order chi connectivity index (χ1) is 12.7. The number of aromatic nitrogens is 3. The number of hydrogen-bond donors (Lipinski definition) is 2. The molecule has 0 fully saturated rings. The number of ether oxygens (including phenoxy) is 2. The molecule has 4 aromatic rings. The average molecular weight is 345 g/mol. The topological polar surface area (TPSA) is 95.9 Å². The molecule has 0 amide bonds. The Balaban J connectivity index is 1.81. The summed E-state index contributed by atoms with van der Waals surface area (Å²) >= 11 is 0. The molecule has 2 N–H and O–H groups in total. The largest absolute Gasteiger partial charge is 0.493 e. The summed E-state index contributed by atoms with van der Waals surface area (Å²) in [6.07, 6.45) is 3.19. The van der Waals surface area contributed by atoms with Crippen LogP contribution >= 0.6 is 0 Å². The van der Waals surface area contributed by atoms with Gasteiger partial charge in [0.25, 0.3) is 0 Å². The van der Waals surface area contributed by atoms with Crippen LogP contribution in [-0.4, -0.2) is 29.2 Å². The van der Waals surface area contributed by atoms with E-state index in [4.69, 9.17) is 9.47 Å². The molecule has 0 aliphatic heterocycles. The molecule has 2 aromatic heterocycles. The summed E-state index contributed by atoms with van der Waals surface area (Å²) in [5, 5.41) is 14.2. The van der Waals surface area contributed by atoms with E-state index in [1.54, 1.807) is 20.4 Å². The molecule has 4 rings (SSSR count). The number of benzene rings is 2. The standard InChI is InChI=1S/C19H15N5O2/c1-25-17-6-14-16(7-18(17)26-2)22-10-23-19(14)24-12-3-4-15-13(5-12)11(8-20)9-21-15/h3-7,9-10,21H,1-2H3,(H,22,23,24). The van der Waals surface area contributed by atoms with Gasteiger partial charge in [0.2, 0.25) is 0 Å². The maximum absolute atomic E-state index is 9.22. The van der Waals surface area contributed by atoms with E-state index in [2.05, 4.69) is 26.3 Å². The van der Waals surface area contributed by atoms with Gasteiger partial charge in [0.05, 0.1) is 25.3 Å². The van der Waals surface area contributed by atoms with Crippen molar-refractivity contribution < 1.29 is 9.47 Å². The summed E-state index contributed by atoms with van der Waals surface area (Å²) in [5.41, 5.74) is 3.07. The monoisotopic (exact) mass is 345 g/mol. The second-order valence-electron chi connectivity index (χ2n) is 5.65. The maximum atomic E-state index is 9.22. The van der Waals surface area contributed by atoms with Crippen molar-refractivity contribution in [2.75, 3.05) is 19.5 Å². The third-order valence-electron chi connectivity index (χ3n) is 4.21. The smallest absolute Gasteiger partial charge is 0.162 e. The number of hydrogen-bond acceptors (Lipinski definition) is 6. The number of aromatic amines is 1. The lowest BCUT2D eigenvalue weighted by molar-refractivity contribution is 0.356. The van der Waals surface area contributed by atoms with Crippen LogP contribution in [0.2, 0.25) is 0 Å². The Morgan fingerprint density at radius 2 is 1.85 bits per heavy atom. The highest BCUT2D eigenvalue weighted by atomic mass is 16.5. The lowest BCUT2D eigenvalue weighted by Gasteiger charge is -2.12. The van der Waals surface area contributed by atoms with Crippen molar-refractivity contribution >= 4 is 33.3 Å². The zero-order valence-corrected chi connectivity index (χ0v) is 14.2. The van der Waals surface area contributed by atoms with Crippen LogP contribution in [0.4, 0.5) is 11.5 Å². The number of nitrogens with zero attached hydrogens (tertiary/aromatic N) is 3. The van der Waals surface area contributed by atoms with Gasteiger partial charge in [-0.3, -0.25) is 0 Å². The molecule has 0 unspecified atom stereocenters. The lowest BCUT2D eigenvalue weighted by atomic mass is 10.1. The predicted molar refractivity (Wildman–Crippen MR) is 98.9 cm³/mol. The molecular weight excluding hydrogens is 330 g/mol. The molecule has 0 atom stereocenters. The first-order valence-corrected chi connectivity index (χ1v) is 7.88. The number of fused-ring (bicyclic) bond motifs is 2. The van der Waals surface area contributed by atoms with Crippen LogP contribution in [0.25, 0.3) is 21.8 Å². The average Bonchev–Trinajstić information content (AvgIpc) is 3.09. The van der Waals surface area contributed by atoms with Gasteiger partial charge in [-0.25, -0.2) is 9.97 Å². The number of rotatable bonds is 4. The van der Waals surface area contributed by atoms with E-state index < -0.39 is 0 Å². The lowest BCUT2D eigenvalue weighted by Crippen LogP contribution is -1.98. The van der Waals surface area contributed by atoms with Gasteiger partial charge in [0, 0.05) is 34.2 Å². The van der Waals surface area contributed by atoms with Gasteiger partial charge in [0.1, 0.15) is 18.2 Å². The van der Waals surface area contributed by atoms with Gasteiger partial charge >= 0.3 is 0 Å². The highest BCUT2D eigenvalue weighted by Gasteiger charge is 2.12. The number of methoxy groups -OCH3 is 2. The minimum atomic E-state index is 0.600. The number of nitriles is 1. The molecule has 0 saturated carbocycles. The zero-order chi connectivity index (χ0) is 18.1. The molecule has 0 bridgehead atoms. The fourth-order valence-electron chi connectivity index (χ4n) is 2.91. The SMILES string of the molecule is COc1cc2ncnc(Nc3ccc4[nH]cc(C#N)c4c3)c2cc1OC. The van der Waals surface area contributed by atoms with Crippen LogP contribution < -0.4 is 14.8 Å². The Morgan fingerprint density at radius 1 is 1.04 bits per heavy atom. The summed E-state index contributed by atoms with van der Waals surface area (Å²) in [4.78, 5) is 11.7. The Labute approximate surface area is 149 Å². The molecular formula is C19H15N5O2. The van der Waals surface area contributed by atoms with E-state index >= 15 is 0 Å². The maximum Gasteiger partial charge on any atom is 0.162 e. The number of H-pyrrole nitrogens is 1. The molecule has 128 valence electrons. The Morgan fingerprint density at radius 3 is 2.62 bits per heavy atom. The normalized spacial score (nSPS) is 10.7. The van der Waals surface area contributed by atoms with Crippen molar-refractivity contribution in [3.8, 4) is 17.6 Å². The van der Waals surface area contributed by atoms with E-state index in [0.717, 1.165) is 27.5 Å². The van der Waals surface area contributed by atoms with Gasteiger partial charge in [-0.2, -0.15) is 5.26 Å². The minimum Gasteiger partial charge on any atom is -0.493 e. The van der Waals surface area contributed by atoms with Crippen molar-refractivity contribution in [2.45, 2.75) is 0 Å². The van der Waals surface area contributed by atoms with Gasteiger partial charge in [-0.1, -0.05) is 0 Å². The van der Waals surface area contributed by atoms with Crippen molar-refractivity contribution in [3.05, 3.63) is 48.4 Å². The molecule has 26 heavy (non-hydrogen) atoms. The van der Waals surface area contributed by atoms with Crippen molar-refractivity contribution in [3.63, 3.8) is 0 Å². The second-order valence-corrected chi connectivity index (χ2v) is 5.65. The predicted octanol–water partition coefficient (Wildman–Crippen LogP) is 3.74. The minimum absolute atomic E-state index is 0.600. The van der Waals surface area contributed by atoms with E-state index in [1.807, 2.05) is 30.3 Å². The second kappa shape index (κ2) is 6.26. The first-order valence-electron chi connectivity index (χ1n) is 7.88. The van der Waals surface area contributed by atoms with Crippen LogP contribution in [0.3, 0.4) is 0 Å². The molecule has 0 saturated heterocycles. The molecule has 2 aromatic carbocycles. The van der Waals surface area contributed by atoms with Crippen molar-refractivity contribution in [1.82, 2.24) is 15.0 Å². The van der Waals surface area contributed by atoms with Crippen molar-refractivity contribution in [2.24, 2.45) is 0 Å². The number of anilines is 2. The van der Waals surface area contributed by atoms with Gasteiger partial charge in [-0.05, 0) is 24.3 Å². The molecule has 0 aliphatic carbocycles. The summed E-state index contributed by atoms with van der Waals surface area (Å²) < 4.78 is 10.7. The van der Waals surface area contributed by atoms with Crippen molar-refractivity contribution in [1.29, 1.82) is 5.26 Å². The van der Waals surface area contributed by atoms with Gasteiger partial charge < -0.3 is 19.8 Å². The Hall–Kier alpha value is -3.79. The van der Waals surface area contributed by atoms with Crippen LogP contribution in [0.5, 0.6) is 11.5 Å². The Bertz CT molecular complexity index is 1160. The van der Waals surface area contributed by atoms with Crippen LogP contribution in [-0.2, 0) is 0 Å². The van der Waals surface area contributed by atoms with Gasteiger partial charge in [-0.15, -0.1) is 0 Å². The van der Waals surface area contributed by atoms with Gasteiger partial charge in [0.15, 0.2) is 11.5 Å². The third kappa shape index (κ3) is 2.54. The highest BCUT2D eigenvalue weighted by molar-refractivity contribution is 5.94. The third-order valence-corrected chi connectivity index (χ3v) is 4.21. The fourth-order valence-corrected chi connectivity index (χ4v) is 2.91. The quantitative estimate of drug-likeness (QED) is 0.585. The number of nitrogens with one attached hydrogen (secondary N) is 2. The van der Waals surface area contributed by atoms with E-state index in [0.29, 0.717) is 22.9 Å². The van der Waals surface area contributed by atoms with Crippen LogP contribution in [0, 0.1) is 11.3 Å². The molecule has 0 aliphatic rings. The molecule has 7 heteroatoms. The molecule has 2 heterocycles. The summed E-state index contributed by atoms with van der Waals surface area (Å²) in [6.45, 7) is 0. The zero-order valence-electron chi connectivity index (χ0n) is 14.2. The summed E-state index contributed by atoms with van der Waals surface area (Å²) in [5.74, 6) is 1.85. The van der Waals surface area contributed by atoms with Crippen LogP contribution in [0.15, 0.2) is 42.9 Å². The summed E-state index contributed by atoms with van der Waals surface area (Å²) in [6, 6.07) is 11.6. The molecule has 0 radical (unpaired) electrons. The molecule has 7 nitrogen and oxygen atoms in total. The highest BCUT2D eigenvalue weighted by Crippen LogP contribution is 2.34. The first kappa shape index (κ1) is 15.7. The Kier molecular flexibility index (Phi) is 3.78. The fraction of sp³-hybridized carbons (Fsp3) is 0.105. The molecule has 0 spiro atoms. The van der Waals surface area contributed by atoms with E-state index in [-0.39, 0.29) is 0 Å².